The van der Waals surface area contributed by atoms with E-state index >= 15 is 0 Å². The number of nitrogens with one attached hydrogen (secondary N) is 1. The molecule has 2 aromatic carbocycles. The molecule has 0 bridgehead atoms. The second-order valence-corrected chi connectivity index (χ2v) is 4.52. The molecule has 21 heavy (non-hydrogen) atoms. The Kier molecular flexibility index (Phi) is 4.41. The van der Waals surface area contributed by atoms with Gasteiger partial charge in [-0.1, -0.05) is 11.6 Å². The molecular weight excluding hydrogens is 295 g/mol. The van der Waals surface area contributed by atoms with Crippen LogP contribution in [0.25, 0.3) is 0 Å². The number of hydrogen-bond donors (Lipinski definition) is 1. The standard InChI is InChI=1S/C15H10ClFN2O2/c1-21-14-6-9(8-18)2-5-13(14)19-15(20)10-3-4-11(16)12(17)7-10/h2-7H,1H3,(H,19,20). The Balaban J connectivity index is 2.27. The number of rotatable bonds is 3. The summed E-state index contributed by atoms with van der Waals surface area (Å²) in [6, 6.07) is 10.3. The summed E-state index contributed by atoms with van der Waals surface area (Å²) < 4.78 is 18.5. The predicted octanol–water partition coefficient (Wildman–Crippen LogP) is 3.61. The van der Waals surface area contributed by atoms with Gasteiger partial charge in [-0.25, -0.2) is 4.39 Å². The molecule has 0 spiro atoms. The molecule has 0 radical (unpaired) electrons. The van der Waals surface area contributed by atoms with E-state index in [1.54, 1.807) is 12.1 Å². The van der Waals surface area contributed by atoms with Crippen molar-refractivity contribution in [1.29, 1.82) is 5.26 Å². The third-order valence-electron chi connectivity index (χ3n) is 2.76. The van der Waals surface area contributed by atoms with Gasteiger partial charge in [0, 0.05) is 11.6 Å². The van der Waals surface area contributed by atoms with Gasteiger partial charge in [-0.3, -0.25) is 4.79 Å². The van der Waals surface area contributed by atoms with Crippen molar-refractivity contribution in [3.63, 3.8) is 0 Å². The molecule has 6 heteroatoms. The van der Waals surface area contributed by atoms with Gasteiger partial charge >= 0.3 is 0 Å². The van der Waals surface area contributed by atoms with Crippen LogP contribution in [0.5, 0.6) is 5.75 Å². The van der Waals surface area contributed by atoms with E-state index in [-0.39, 0.29) is 10.6 Å². The number of ether oxygens (including phenoxy) is 1. The van der Waals surface area contributed by atoms with E-state index < -0.39 is 11.7 Å². The predicted molar refractivity (Wildman–Crippen MR) is 77.1 cm³/mol. The van der Waals surface area contributed by atoms with Gasteiger partial charge in [-0.05, 0) is 30.3 Å². The lowest BCUT2D eigenvalue weighted by Gasteiger charge is -2.10. The maximum absolute atomic E-state index is 13.3. The maximum Gasteiger partial charge on any atom is 0.255 e. The van der Waals surface area contributed by atoms with E-state index in [1.807, 2.05) is 6.07 Å². The van der Waals surface area contributed by atoms with Gasteiger partial charge in [-0.15, -0.1) is 0 Å². The molecule has 1 N–H and O–H groups in total. The van der Waals surface area contributed by atoms with E-state index in [2.05, 4.69) is 5.32 Å². The van der Waals surface area contributed by atoms with E-state index in [0.29, 0.717) is 17.0 Å². The molecule has 1 amide bonds. The van der Waals surface area contributed by atoms with Crippen LogP contribution in [0.3, 0.4) is 0 Å². The highest BCUT2D eigenvalue weighted by atomic mass is 35.5. The van der Waals surface area contributed by atoms with Gasteiger partial charge in [0.15, 0.2) is 0 Å². The fourth-order valence-corrected chi connectivity index (χ4v) is 1.81. The van der Waals surface area contributed by atoms with Crippen molar-refractivity contribution >= 4 is 23.2 Å². The fraction of sp³-hybridized carbons (Fsp3) is 0.0667. The molecule has 0 saturated heterocycles. The smallest absolute Gasteiger partial charge is 0.255 e. The average Bonchev–Trinajstić information content (AvgIpc) is 2.50. The first kappa shape index (κ1) is 14.8. The van der Waals surface area contributed by atoms with E-state index in [1.165, 1.54) is 25.3 Å². The molecule has 0 aliphatic rings. The molecule has 0 unspecified atom stereocenters. The topological polar surface area (TPSA) is 62.1 Å². The van der Waals surface area contributed by atoms with Crippen LogP contribution in [0, 0.1) is 17.1 Å². The third kappa shape index (κ3) is 3.30. The Morgan fingerprint density at radius 3 is 2.71 bits per heavy atom. The van der Waals surface area contributed by atoms with Crippen molar-refractivity contribution in [3.8, 4) is 11.8 Å². The zero-order chi connectivity index (χ0) is 15.4. The van der Waals surface area contributed by atoms with E-state index in [0.717, 1.165) is 6.07 Å². The van der Waals surface area contributed by atoms with Crippen LogP contribution in [0.15, 0.2) is 36.4 Å². The number of methoxy groups -OCH3 is 1. The summed E-state index contributed by atoms with van der Waals surface area (Å²) in [4.78, 5) is 12.1. The van der Waals surface area contributed by atoms with Crippen LogP contribution >= 0.6 is 11.6 Å². The van der Waals surface area contributed by atoms with Gasteiger partial charge in [0.05, 0.1) is 29.5 Å². The van der Waals surface area contributed by atoms with Gasteiger partial charge in [0.1, 0.15) is 11.6 Å². The summed E-state index contributed by atoms with van der Waals surface area (Å²) in [6.45, 7) is 0. The molecule has 0 aliphatic heterocycles. The molecule has 0 atom stereocenters. The normalized spacial score (nSPS) is 9.81. The van der Waals surface area contributed by atoms with Crippen LogP contribution in [-0.2, 0) is 0 Å². The van der Waals surface area contributed by atoms with Crippen LogP contribution in [-0.4, -0.2) is 13.0 Å². The minimum Gasteiger partial charge on any atom is -0.495 e. The molecule has 0 fully saturated rings. The van der Waals surface area contributed by atoms with Gasteiger partial charge in [-0.2, -0.15) is 5.26 Å². The number of benzene rings is 2. The van der Waals surface area contributed by atoms with Crippen molar-refractivity contribution in [2.75, 3.05) is 12.4 Å². The first-order chi connectivity index (χ1) is 10.0. The number of amides is 1. The molecule has 2 aromatic rings. The summed E-state index contributed by atoms with van der Waals surface area (Å²) >= 11 is 5.57. The zero-order valence-corrected chi connectivity index (χ0v) is 11.7. The molecule has 0 aromatic heterocycles. The Hall–Kier alpha value is -2.58. The van der Waals surface area contributed by atoms with Crippen molar-refractivity contribution in [1.82, 2.24) is 0 Å². The number of carbonyl (C=O) groups excluding carboxylic acids is 1. The molecule has 2 rings (SSSR count). The second kappa shape index (κ2) is 6.25. The minimum absolute atomic E-state index is 0.0532. The Labute approximate surface area is 125 Å². The number of nitriles is 1. The van der Waals surface area contributed by atoms with E-state index in [9.17, 15) is 9.18 Å². The fourth-order valence-electron chi connectivity index (χ4n) is 1.70. The first-order valence-corrected chi connectivity index (χ1v) is 6.27. The number of carbonyl (C=O) groups is 1. The Morgan fingerprint density at radius 1 is 1.33 bits per heavy atom. The summed E-state index contributed by atoms with van der Waals surface area (Å²) in [7, 11) is 1.42. The minimum atomic E-state index is -0.670. The van der Waals surface area contributed by atoms with E-state index in [4.69, 9.17) is 21.6 Å². The largest absolute Gasteiger partial charge is 0.495 e. The summed E-state index contributed by atoms with van der Waals surface area (Å²) in [5, 5.41) is 11.4. The number of anilines is 1. The number of hydrogen-bond acceptors (Lipinski definition) is 3. The maximum atomic E-state index is 13.3. The average molecular weight is 305 g/mol. The monoisotopic (exact) mass is 304 g/mol. The summed E-state index contributed by atoms with van der Waals surface area (Å²) in [5.74, 6) is -0.832. The van der Waals surface area contributed by atoms with Crippen LogP contribution in [0.1, 0.15) is 15.9 Å². The lowest BCUT2D eigenvalue weighted by Crippen LogP contribution is -2.13. The number of nitrogens with zero attached hydrogens (tertiary/aromatic N) is 1. The summed E-state index contributed by atoms with van der Waals surface area (Å²) in [5.41, 5.74) is 0.919. The first-order valence-electron chi connectivity index (χ1n) is 5.89. The quantitative estimate of drug-likeness (QED) is 0.942. The highest BCUT2D eigenvalue weighted by molar-refractivity contribution is 6.30. The van der Waals surface area contributed by atoms with Crippen LogP contribution in [0.2, 0.25) is 5.02 Å². The Bertz CT molecular complexity index is 741. The molecular formula is C15H10ClFN2O2. The van der Waals surface area contributed by atoms with Crippen molar-refractivity contribution in [2.24, 2.45) is 0 Å². The van der Waals surface area contributed by atoms with Gasteiger partial charge in [0.2, 0.25) is 0 Å². The third-order valence-corrected chi connectivity index (χ3v) is 3.07. The SMILES string of the molecule is COc1cc(C#N)ccc1NC(=O)c1ccc(Cl)c(F)c1. The van der Waals surface area contributed by atoms with Crippen molar-refractivity contribution in [3.05, 3.63) is 58.4 Å². The lowest BCUT2D eigenvalue weighted by atomic mass is 10.1. The lowest BCUT2D eigenvalue weighted by molar-refractivity contribution is 0.102. The molecule has 0 aliphatic carbocycles. The highest BCUT2D eigenvalue weighted by Gasteiger charge is 2.12. The van der Waals surface area contributed by atoms with Crippen LogP contribution < -0.4 is 10.1 Å². The molecule has 0 saturated carbocycles. The summed E-state index contributed by atoms with van der Waals surface area (Å²) in [6.07, 6.45) is 0. The van der Waals surface area contributed by atoms with Gasteiger partial charge in [0.25, 0.3) is 5.91 Å². The zero-order valence-electron chi connectivity index (χ0n) is 11.0. The van der Waals surface area contributed by atoms with Crippen molar-refractivity contribution < 1.29 is 13.9 Å². The van der Waals surface area contributed by atoms with Gasteiger partial charge < -0.3 is 10.1 Å². The molecule has 4 nitrogen and oxygen atoms in total. The molecule has 0 heterocycles. The highest BCUT2D eigenvalue weighted by Crippen LogP contribution is 2.26. The van der Waals surface area contributed by atoms with Crippen molar-refractivity contribution in [2.45, 2.75) is 0 Å². The molecule has 106 valence electrons. The Morgan fingerprint density at radius 2 is 2.10 bits per heavy atom. The van der Waals surface area contributed by atoms with Crippen LogP contribution in [0.4, 0.5) is 10.1 Å². The number of halogens is 2. The second-order valence-electron chi connectivity index (χ2n) is 4.11.